The highest BCUT2D eigenvalue weighted by Gasteiger charge is 2.60. The fourth-order valence-electron chi connectivity index (χ4n) is 4.69. The molecule has 2 bridgehead atoms. The van der Waals surface area contributed by atoms with Gasteiger partial charge >= 0.3 is 0 Å². The number of hydrogen-bond acceptors (Lipinski definition) is 5. The van der Waals surface area contributed by atoms with Crippen LogP contribution < -0.4 is 10.6 Å². The first-order valence-corrected chi connectivity index (χ1v) is 11.5. The number of anilines is 1. The Balaban J connectivity index is 1.38. The third-order valence-corrected chi connectivity index (χ3v) is 8.65. The van der Waals surface area contributed by atoms with E-state index in [1.807, 2.05) is 24.3 Å². The number of hydrogen-bond donors (Lipinski definition) is 2. The molecule has 4 rings (SSSR count). The first-order valence-electron chi connectivity index (χ1n) is 9.87. The molecule has 154 valence electrons. The van der Waals surface area contributed by atoms with Crippen molar-refractivity contribution in [2.24, 2.45) is 27.0 Å². The largest absolute Gasteiger partial charge is 0.326 e. The van der Waals surface area contributed by atoms with E-state index in [-0.39, 0.29) is 29.1 Å². The van der Waals surface area contributed by atoms with Gasteiger partial charge in [0.2, 0.25) is 11.8 Å². The third-order valence-electron chi connectivity index (χ3n) is 7.05. The lowest BCUT2D eigenvalue weighted by Gasteiger charge is -2.34. The molecule has 2 N–H and O–H groups in total. The van der Waals surface area contributed by atoms with Crippen LogP contribution in [0.2, 0.25) is 0 Å². The molecule has 0 radical (unpaired) electrons. The maximum Gasteiger partial charge on any atom is 0.240 e. The van der Waals surface area contributed by atoms with E-state index < -0.39 is 5.25 Å². The summed E-state index contributed by atoms with van der Waals surface area (Å²) < 4.78 is 0.941. The van der Waals surface area contributed by atoms with Crippen LogP contribution in [0.4, 0.5) is 5.69 Å². The molecule has 1 saturated heterocycles. The fraction of sp³-hybridized carbons (Fsp3) is 0.524. The number of halogens is 1. The van der Waals surface area contributed by atoms with Crippen molar-refractivity contribution in [3.8, 4) is 0 Å². The number of nitrogens with one attached hydrogen (secondary N) is 2. The van der Waals surface area contributed by atoms with Crippen molar-refractivity contribution >= 4 is 56.1 Å². The number of amidine groups is 1. The number of amides is 2. The Bertz CT molecular complexity index is 912. The van der Waals surface area contributed by atoms with Gasteiger partial charge in [0, 0.05) is 27.7 Å². The Kier molecular flexibility index (Phi) is 5.36. The second kappa shape index (κ2) is 7.54. The molecular weight excluding hydrogens is 452 g/mol. The van der Waals surface area contributed by atoms with Crippen LogP contribution in [0.5, 0.6) is 0 Å². The van der Waals surface area contributed by atoms with Crippen LogP contribution >= 0.6 is 27.7 Å². The lowest BCUT2D eigenvalue weighted by Crippen LogP contribution is -2.32. The molecule has 1 aliphatic heterocycles. The van der Waals surface area contributed by atoms with Gasteiger partial charge in [0.15, 0.2) is 5.17 Å². The normalized spacial score (nSPS) is 32.8. The van der Waals surface area contributed by atoms with Gasteiger partial charge in [-0.05, 0) is 54.9 Å². The fourth-order valence-corrected chi connectivity index (χ4v) is 5.87. The van der Waals surface area contributed by atoms with Crippen LogP contribution in [-0.2, 0) is 9.59 Å². The molecule has 0 aromatic heterocycles. The minimum atomic E-state index is -0.489. The number of fused-ring (bicyclic) bond motifs is 2. The summed E-state index contributed by atoms with van der Waals surface area (Å²) in [6.07, 6.45) is 3.47. The molecule has 2 saturated carbocycles. The second-order valence-corrected chi connectivity index (χ2v) is 10.9. The van der Waals surface area contributed by atoms with E-state index in [1.165, 1.54) is 18.2 Å². The average Bonchev–Trinajstić information content (AvgIpc) is 3.18. The Morgan fingerprint density at radius 3 is 2.62 bits per heavy atom. The van der Waals surface area contributed by atoms with Crippen LogP contribution in [0.1, 0.15) is 46.5 Å². The van der Waals surface area contributed by atoms with Crippen molar-refractivity contribution in [3.05, 3.63) is 28.7 Å². The zero-order valence-electron chi connectivity index (χ0n) is 16.8. The molecule has 29 heavy (non-hydrogen) atoms. The second-order valence-electron chi connectivity index (χ2n) is 8.80. The van der Waals surface area contributed by atoms with Crippen LogP contribution in [0.25, 0.3) is 0 Å². The Hall–Kier alpha value is -1.67. The van der Waals surface area contributed by atoms with Crippen LogP contribution in [-0.4, -0.2) is 27.9 Å². The van der Waals surface area contributed by atoms with E-state index in [1.54, 1.807) is 0 Å². The molecule has 3 unspecified atom stereocenters. The van der Waals surface area contributed by atoms with E-state index in [4.69, 9.17) is 0 Å². The average molecular weight is 477 g/mol. The van der Waals surface area contributed by atoms with E-state index >= 15 is 0 Å². The zero-order valence-corrected chi connectivity index (χ0v) is 19.2. The van der Waals surface area contributed by atoms with E-state index in [0.29, 0.717) is 16.8 Å². The lowest BCUT2D eigenvalue weighted by atomic mass is 9.70. The first kappa shape index (κ1) is 20.6. The van der Waals surface area contributed by atoms with Gasteiger partial charge in [-0.15, -0.1) is 5.10 Å². The molecule has 0 spiro atoms. The molecular formula is C21H25BrN4O2S. The molecule has 8 heteroatoms. The smallest absolute Gasteiger partial charge is 0.240 e. The monoisotopic (exact) mass is 476 g/mol. The van der Waals surface area contributed by atoms with Gasteiger partial charge in [-0.2, -0.15) is 5.10 Å². The predicted molar refractivity (Wildman–Crippen MR) is 121 cm³/mol. The van der Waals surface area contributed by atoms with Crippen LogP contribution in [0.3, 0.4) is 0 Å². The molecule has 1 heterocycles. The van der Waals surface area contributed by atoms with Gasteiger partial charge in [0.1, 0.15) is 5.25 Å². The summed E-state index contributed by atoms with van der Waals surface area (Å²) in [4.78, 5) is 24.5. The minimum Gasteiger partial charge on any atom is -0.326 e. The van der Waals surface area contributed by atoms with Crippen molar-refractivity contribution in [3.63, 3.8) is 0 Å². The summed E-state index contributed by atoms with van der Waals surface area (Å²) in [5.41, 5.74) is 2.16. The quantitative estimate of drug-likeness (QED) is 0.624. The van der Waals surface area contributed by atoms with Gasteiger partial charge in [-0.1, -0.05) is 48.5 Å². The summed E-state index contributed by atoms with van der Waals surface area (Å²) in [7, 11) is 0. The van der Waals surface area contributed by atoms with Gasteiger partial charge in [-0.3, -0.25) is 9.59 Å². The van der Waals surface area contributed by atoms with Crippen molar-refractivity contribution < 1.29 is 9.59 Å². The predicted octanol–water partition coefficient (Wildman–Crippen LogP) is 4.57. The zero-order chi connectivity index (χ0) is 20.8. The number of carbonyl (C=O) groups excluding carboxylic acids is 2. The number of thioether (sulfide) groups is 1. The van der Waals surface area contributed by atoms with E-state index in [9.17, 15) is 9.59 Å². The van der Waals surface area contributed by atoms with Crippen molar-refractivity contribution in [2.75, 3.05) is 5.32 Å². The molecule has 6 nitrogen and oxygen atoms in total. The van der Waals surface area contributed by atoms with Crippen molar-refractivity contribution in [2.45, 2.75) is 51.7 Å². The SMILES string of the molecule is CC12CCC(C/C1=N\N=C1/NC(=O)C(CC(=O)Nc3ccc(Br)cc3)S1)C2(C)C. The molecule has 3 aliphatic rings. The Morgan fingerprint density at radius 2 is 2.00 bits per heavy atom. The standard InChI is InChI=1S/C21H25BrN4O2S/c1-20(2)12-8-9-21(20,3)16(10-12)25-26-19-24-18(28)15(29-19)11-17(27)23-14-6-4-13(22)5-7-14/h4-7,12,15H,8-11H2,1-3H3,(H,23,27)(H,24,26,28)/b25-16+. The van der Waals surface area contributed by atoms with Crippen molar-refractivity contribution in [1.29, 1.82) is 0 Å². The number of rotatable bonds is 4. The van der Waals surface area contributed by atoms with Crippen LogP contribution in [0.15, 0.2) is 38.9 Å². The van der Waals surface area contributed by atoms with E-state index in [2.05, 4.69) is 57.5 Å². The molecule has 1 aromatic rings. The maximum atomic E-state index is 12.3. The third kappa shape index (κ3) is 3.77. The van der Waals surface area contributed by atoms with Gasteiger partial charge in [0.25, 0.3) is 0 Å². The van der Waals surface area contributed by atoms with Crippen molar-refractivity contribution in [1.82, 2.24) is 5.32 Å². The molecule has 1 aromatic carbocycles. The summed E-state index contributed by atoms with van der Waals surface area (Å²) in [6, 6.07) is 7.33. The molecule has 3 atom stereocenters. The van der Waals surface area contributed by atoms with Crippen LogP contribution in [0, 0.1) is 16.7 Å². The molecule has 2 amide bonds. The first-order chi connectivity index (χ1) is 13.7. The maximum absolute atomic E-state index is 12.3. The number of benzene rings is 1. The topological polar surface area (TPSA) is 82.9 Å². The number of nitrogens with zero attached hydrogens (tertiary/aromatic N) is 2. The summed E-state index contributed by atoms with van der Waals surface area (Å²) in [5, 5.41) is 14.5. The minimum absolute atomic E-state index is 0.0823. The lowest BCUT2D eigenvalue weighted by molar-refractivity contribution is -0.122. The summed E-state index contributed by atoms with van der Waals surface area (Å²) in [5.74, 6) is 0.265. The van der Waals surface area contributed by atoms with E-state index in [0.717, 1.165) is 23.0 Å². The molecule has 2 aliphatic carbocycles. The summed E-state index contributed by atoms with van der Waals surface area (Å²) >= 11 is 4.64. The summed E-state index contributed by atoms with van der Waals surface area (Å²) in [6.45, 7) is 6.94. The highest BCUT2D eigenvalue weighted by molar-refractivity contribution is 9.10. The Morgan fingerprint density at radius 1 is 1.28 bits per heavy atom. The van der Waals surface area contributed by atoms with Gasteiger partial charge in [0.05, 0.1) is 0 Å². The van der Waals surface area contributed by atoms with Gasteiger partial charge < -0.3 is 10.6 Å². The number of carbonyl (C=O) groups is 2. The molecule has 3 fully saturated rings. The Labute approximate surface area is 183 Å². The highest BCUT2D eigenvalue weighted by atomic mass is 79.9. The highest BCUT2D eigenvalue weighted by Crippen LogP contribution is 2.64. The van der Waals surface area contributed by atoms with Gasteiger partial charge in [-0.25, -0.2) is 0 Å².